The minimum absolute atomic E-state index is 0.274. The Kier molecular flexibility index (Phi) is 6.97. The van der Waals surface area contributed by atoms with Gasteiger partial charge in [-0.15, -0.1) is 0 Å². The fourth-order valence-electron chi connectivity index (χ4n) is 3.61. The quantitative estimate of drug-likeness (QED) is 0.813. The number of hydrogen-bond acceptors (Lipinski definition) is 3. The van der Waals surface area contributed by atoms with Crippen LogP contribution in [0.5, 0.6) is 0 Å². The van der Waals surface area contributed by atoms with Gasteiger partial charge in [-0.05, 0) is 64.2 Å². The fourth-order valence-corrected chi connectivity index (χ4v) is 3.61. The van der Waals surface area contributed by atoms with Crippen LogP contribution in [-0.2, 0) is 4.79 Å². The second-order valence-corrected chi connectivity index (χ2v) is 6.88. The molecule has 0 aromatic heterocycles. The van der Waals surface area contributed by atoms with E-state index in [2.05, 4.69) is 17.1 Å². The predicted octanol–water partition coefficient (Wildman–Crippen LogP) is 1.96. The van der Waals surface area contributed by atoms with E-state index in [4.69, 9.17) is 0 Å². The molecule has 1 N–H and O–H groups in total. The Balaban J connectivity index is 1.68. The van der Waals surface area contributed by atoms with Crippen LogP contribution in [0, 0.1) is 11.8 Å². The van der Waals surface area contributed by atoms with E-state index in [9.17, 15) is 4.79 Å². The lowest BCUT2D eigenvalue weighted by Crippen LogP contribution is -2.44. The van der Waals surface area contributed by atoms with Gasteiger partial charge in [0.05, 0.1) is 0 Å². The van der Waals surface area contributed by atoms with E-state index < -0.39 is 0 Å². The van der Waals surface area contributed by atoms with Crippen LogP contribution in [0.15, 0.2) is 0 Å². The summed E-state index contributed by atoms with van der Waals surface area (Å²) in [5.74, 6) is 1.52. The molecule has 0 atom stereocenters. The van der Waals surface area contributed by atoms with Crippen LogP contribution in [0.3, 0.4) is 0 Å². The van der Waals surface area contributed by atoms with Crippen molar-refractivity contribution in [3.63, 3.8) is 0 Å². The zero-order valence-electron chi connectivity index (χ0n) is 13.9. The zero-order valence-corrected chi connectivity index (χ0v) is 13.9. The number of nitrogens with one attached hydrogen (secondary N) is 1. The molecule has 0 aliphatic carbocycles. The normalized spacial score (nSPS) is 22.4. The Morgan fingerprint density at radius 2 is 1.86 bits per heavy atom. The summed E-state index contributed by atoms with van der Waals surface area (Å²) in [7, 11) is 1.97. The van der Waals surface area contributed by atoms with Gasteiger partial charge in [-0.2, -0.15) is 0 Å². The van der Waals surface area contributed by atoms with Crippen LogP contribution in [0.1, 0.15) is 45.4 Å². The Bertz CT molecular complexity index is 307. The lowest BCUT2D eigenvalue weighted by Gasteiger charge is -2.36. The highest BCUT2D eigenvalue weighted by Gasteiger charge is 2.28. The first-order chi connectivity index (χ1) is 10.2. The molecule has 21 heavy (non-hydrogen) atoms. The third-order valence-electron chi connectivity index (χ3n) is 5.14. The van der Waals surface area contributed by atoms with Gasteiger partial charge in [-0.3, -0.25) is 4.79 Å². The van der Waals surface area contributed by atoms with Gasteiger partial charge in [-0.25, -0.2) is 0 Å². The van der Waals surface area contributed by atoms with Crippen molar-refractivity contribution in [2.75, 3.05) is 46.3 Å². The van der Waals surface area contributed by atoms with E-state index in [-0.39, 0.29) is 5.92 Å². The summed E-state index contributed by atoms with van der Waals surface area (Å²) in [5.41, 5.74) is 0. The van der Waals surface area contributed by atoms with Crippen LogP contribution in [0.4, 0.5) is 0 Å². The maximum absolute atomic E-state index is 12.4. The molecule has 2 aliphatic rings. The average Bonchev–Trinajstić information content (AvgIpc) is 2.53. The number of nitrogens with zero attached hydrogens (tertiary/aromatic N) is 2. The minimum Gasteiger partial charge on any atom is -0.346 e. The predicted molar refractivity (Wildman–Crippen MR) is 87.3 cm³/mol. The molecule has 122 valence electrons. The van der Waals surface area contributed by atoms with Crippen LogP contribution >= 0.6 is 0 Å². The first kappa shape index (κ1) is 16.8. The van der Waals surface area contributed by atoms with Gasteiger partial charge in [-0.1, -0.05) is 13.3 Å². The number of piperidine rings is 2. The summed E-state index contributed by atoms with van der Waals surface area (Å²) < 4.78 is 0. The van der Waals surface area contributed by atoms with Gasteiger partial charge in [0.15, 0.2) is 0 Å². The van der Waals surface area contributed by atoms with E-state index >= 15 is 0 Å². The van der Waals surface area contributed by atoms with Gasteiger partial charge in [0, 0.05) is 26.1 Å². The van der Waals surface area contributed by atoms with Crippen molar-refractivity contribution in [2.24, 2.45) is 11.8 Å². The highest BCUT2D eigenvalue weighted by Crippen LogP contribution is 2.22. The Morgan fingerprint density at radius 1 is 1.19 bits per heavy atom. The Morgan fingerprint density at radius 3 is 2.48 bits per heavy atom. The van der Waals surface area contributed by atoms with E-state index in [0.717, 1.165) is 51.2 Å². The minimum atomic E-state index is 0.274. The number of amides is 1. The topological polar surface area (TPSA) is 35.6 Å². The van der Waals surface area contributed by atoms with Gasteiger partial charge >= 0.3 is 0 Å². The Hall–Kier alpha value is -0.610. The van der Waals surface area contributed by atoms with Crippen LogP contribution in [0.25, 0.3) is 0 Å². The van der Waals surface area contributed by atoms with Crippen molar-refractivity contribution in [1.29, 1.82) is 0 Å². The van der Waals surface area contributed by atoms with Gasteiger partial charge in [0.25, 0.3) is 0 Å². The summed E-state index contributed by atoms with van der Waals surface area (Å²) in [5, 5.41) is 3.43. The number of carbonyl (C=O) groups excluding carboxylic acids is 1. The molecular formula is C17H33N3O. The largest absolute Gasteiger partial charge is 0.346 e. The molecule has 0 radical (unpaired) electrons. The van der Waals surface area contributed by atoms with E-state index in [1.807, 2.05) is 11.9 Å². The SMILES string of the molecule is CCCCN(C)C(=O)C1CCN(CC2CCNCC2)CC1. The van der Waals surface area contributed by atoms with Crippen molar-refractivity contribution in [2.45, 2.75) is 45.4 Å². The molecule has 0 aromatic carbocycles. The number of rotatable bonds is 6. The first-order valence-electron chi connectivity index (χ1n) is 8.88. The van der Waals surface area contributed by atoms with Crippen molar-refractivity contribution in [1.82, 2.24) is 15.1 Å². The second-order valence-electron chi connectivity index (χ2n) is 6.88. The van der Waals surface area contributed by atoms with Crippen LogP contribution in [-0.4, -0.2) is 62.0 Å². The van der Waals surface area contributed by atoms with Gasteiger partial charge in [0.1, 0.15) is 0 Å². The lowest BCUT2D eigenvalue weighted by molar-refractivity contribution is -0.135. The highest BCUT2D eigenvalue weighted by atomic mass is 16.2. The molecule has 0 unspecified atom stereocenters. The van der Waals surface area contributed by atoms with Crippen molar-refractivity contribution < 1.29 is 4.79 Å². The van der Waals surface area contributed by atoms with Gasteiger partial charge in [0.2, 0.25) is 5.91 Å². The van der Waals surface area contributed by atoms with E-state index in [1.54, 1.807) is 0 Å². The van der Waals surface area contributed by atoms with Crippen LogP contribution in [0.2, 0.25) is 0 Å². The highest BCUT2D eigenvalue weighted by molar-refractivity contribution is 5.78. The molecule has 4 nitrogen and oxygen atoms in total. The summed E-state index contributed by atoms with van der Waals surface area (Å²) >= 11 is 0. The summed E-state index contributed by atoms with van der Waals surface area (Å²) in [6.45, 7) is 8.93. The smallest absolute Gasteiger partial charge is 0.225 e. The molecule has 0 saturated carbocycles. The molecule has 2 fully saturated rings. The number of hydrogen-bond donors (Lipinski definition) is 1. The monoisotopic (exact) mass is 295 g/mol. The molecule has 2 rings (SSSR count). The standard InChI is InChI=1S/C17H33N3O/c1-3-4-11-19(2)17(21)16-7-12-20(13-8-16)14-15-5-9-18-10-6-15/h15-16,18H,3-14H2,1-2H3. The number of likely N-dealkylation sites (tertiary alicyclic amines) is 1. The molecule has 1 amide bonds. The van der Waals surface area contributed by atoms with Gasteiger partial charge < -0.3 is 15.1 Å². The zero-order chi connectivity index (χ0) is 15.1. The summed E-state index contributed by atoms with van der Waals surface area (Å²) in [4.78, 5) is 16.9. The third kappa shape index (κ3) is 5.26. The van der Waals surface area contributed by atoms with E-state index in [0.29, 0.717) is 5.91 Å². The molecule has 0 aromatic rings. The van der Waals surface area contributed by atoms with Crippen molar-refractivity contribution in [3.8, 4) is 0 Å². The van der Waals surface area contributed by atoms with Crippen LogP contribution < -0.4 is 5.32 Å². The number of carbonyl (C=O) groups is 1. The molecular weight excluding hydrogens is 262 g/mol. The molecule has 4 heteroatoms. The summed E-state index contributed by atoms with van der Waals surface area (Å²) in [6, 6.07) is 0. The third-order valence-corrected chi connectivity index (χ3v) is 5.14. The Labute approximate surface area is 130 Å². The summed E-state index contributed by atoms with van der Waals surface area (Å²) in [6.07, 6.45) is 7.03. The lowest BCUT2D eigenvalue weighted by atomic mass is 9.92. The van der Waals surface area contributed by atoms with Crippen molar-refractivity contribution >= 4 is 5.91 Å². The first-order valence-corrected chi connectivity index (χ1v) is 8.88. The second kappa shape index (κ2) is 8.74. The number of unbranched alkanes of at least 4 members (excludes halogenated alkanes) is 1. The van der Waals surface area contributed by atoms with E-state index in [1.165, 1.54) is 32.5 Å². The van der Waals surface area contributed by atoms with Crippen molar-refractivity contribution in [3.05, 3.63) is 0 Å². The molecule has 2 aliphatic heterocycles. The average molecular weight is 295 g/mol. The molecule has 0 bridgehead atoms. The maximum Gasteiger partial charge on any atom is 0.225 e. The molecule has 2 saturated heterocycles. The fraction of sp³-hybridized carbons (Fsp3) is 0.941. The molecule has 2 heterocycles. The maximum atomic E-state index is 12.4. The molecule has 0 spiro atoms.